The minimum atomic E-state index is -0.991. The molecule has 0 amide bonds. The van der Waals surface area contributed by atoms with E-state index in [0.717, 1.165) is 12.6 Å². The molecule has 1 saturated heterocycles. The van der Waals surface area contributed by atoms with Gasteiger partial charge in [0.15, 0.2) is 0 Å². The van der Waals surface area contributed by atoms with Gasteiger partial charge in [0.1, 0.15) is 0 Å². The van der Waals surface area contributed by atoms with Gasteiger partial charge in [-0.05, 0) is 32.8 Å². The fourth-order valence-corrected chi connectivity index (χ4v) is 3.05. The summed E-state index contributed by atoms with van der Waals surface area (Å²) in [4.78, 5) is 0.0822. The molecule has 84 valence electrons. The minimum absolute atomic E-state index is 0.00426. The third-order valence-electron chi connectivity index (χ3n) is 2.56. The molecule has 0 bridgehead atoms. The molecule has 0 radical (unpaired) electrons. The number of ether oxygens (including phenoxy) is 1. The Hall–Kier alpha value is 0.700. The molecule has 1 aliphatic rings. The van der Waals surface area contributed by atoms with Gasteiger partial charge in [-0.1, -0.05) is 15.9 Å². The Morgan fingerprint density at radius 2 is 2.07 bits per heavy atom. The second kappa shape index (κ2) is 4.69. The van der Waals surface area contributed by atoms with Crippen molar-refractivity contribution in [2.24, 2.45) is 0 Å². The van der Waals surface area contributed by atoms with Crippen molar-refractivity contribution in [2.45, 2.75) is 36.5 Å². The summed E-state index contributed by atoms with van der Waals surface area (Å²) in [5.41, 5.74) is 0. The van der Waals surface area contributed by atoms with Gasteiger partial charge < -0.3 is 9.84 Å². The third-order valence-corrected chi connectivity index (χ3v) is 5.32. The first-order valence-electron chi connectivity index (χ1n) is 4.96. The highest BCUT2D eigenvalue weighted by Gasteiger charge is 2.39. The Morgan fingerprint density at radius 3 is 2.43 bits per heavy atom. The molecular formula is C10H20BrO2P. The molecule has 14 heavy (non-hydrogen) atoms. The number of alkyl halides is 1. The van der Waals surface area contributed by atoms with Gasteiger partial charge in [0.25, 0.3) is 0 Å². The van der Waals surface area contributed by atoms with Crippen LogP contribution >= 0.6 is 22.8 Å². The number of hydrogen-bond acceptors (Lipinski definition) is 2. The van der Waals surface area contributed by atoms with Gasteiger partial charge in [0.2, 0.25) is 0 Å². The van der Waals surface area contributed by atoms with E-state index in [0.29, 0.717) is 0 Å². The van der Waals surface area contributed by atoms with E-state index < -0.39 is 6.89 Å². The van der Waals surface area contributed by atoms with Crippen molar-refractivity contribution in [3.05, 3.63) is 0 Å². The van der Waals surface area contributed by atoms with E-state index in [1.807, 2.05) is 6.92 Å². The standard InChI is InChI=1S/C10H20BrO2P/c1-7-9(11)10(12)8(13-7)5-6-14(2,3)4/h7-10,12H,2,5-6H2,1,3-4H3/t7?,8?,9-,10+/m0/s1. The van der Waals surface area contributed by atoms with Crippen LogP contribution in [0.25, 0.3) is 0 Å². The average molecular weight is 283 g/mol. The Bertz CT molecular complexity index is 238. The van der Waals surface area contributed by atoms with Crippen molar-refractivity contribution >= 4 is 29.1 Å². The van der Waals surface area contributed by atoms with E-state index in [2.05, 4.69) is 35.6 Å². The molecule has 4 atom stereocenters. The van der Waals surface area contributed by atoms with E-state index in [1.165, 1.54) is 0 Å². The monoisotopic (exact) mass is 282 g/mol. The number of halogens is 1. The lowest BCUT2D eigenvalue weighted by molar-refractivity contribution is 0.0150. The molecule has 1 aliphatic heterocycles. The molecular weight excluding hydrogens is 263 g/mol. The van der Waals surface area contributed by atoms with Crippen LogP contribution in [0.4, 0.5) is 0 Å². The molecule has 4 heteroatoms. The summed E-state index contributed by atoms with van der Waals surface area (Å²) in [6.45, 7) is 5.43. The van der Waals surface area contributed by atoms with E-state index in [-0.39, 0.29) is 23.1 Å². The summed E-state index contributed by atoms with van der Waals surface area (Å²) < 4.78 is 5.67. The number of hydrogen-bond donors (Lipinski definition) is 1. The molecule has 0 aliphatic carbocycles. The van der Waals surface area contributed by atoms with Gasteiger partial charge in [0.05, 0.1) is 23.1 Å². The lowest BCUT2D eigenvalue weighted by Gasteiger charge is -2.18. The molecule has 1 fully saturated rings. The normalized spacial score (nSPS) is 38.9. The zero-order valence-corrected chi connectivity index (χ0v) is 11.6. The number of rotatable bonds is 3. The van der Waals surface area contributed by atoms with Gasteiger partial charge in [-0.25, -0.2) is 0 Å². The molecule has 1 rings (SSSR count). The van der Waals surface area contributed by atoms with Crippen LogP contribution < -0.4 is 0 Å². The smallest absolute Gasteiger partial charge is 0.0951 e. The van der Waals surface area contributed by atoms with Crippen LogP contribution in [0, 0.1) is 0 Å². The van der Waals surface area contributed by atoms with Crippen LogP contribution in [0.1, 0.15) is 13.3 Å². The van der Waals surface area contributed by atoms with Gasteiger partial charge in [0, 0.05) is 0 Å². The van der Waals surface area contributed by atoms with E-state index in [4.69, 9.17) is 4.74 Å². The predicted molar refractivity (Wildman–Crippen MR) is 68.4 cm³/mol. The Morgan fingerprint density at radius 1 is 1.50 bits per heavy atom. The first-order valence-corrected chi connectivity index (χ1v) is 8.93. The zero-order valence-electron chi connectivity index (χ0n) is 9.11. The first kappa shape index (κ1) is 12.8. The highest BCUT2D eigenvalue weighted by atomic mass is 79.9. The summed E-state index contributed by atoms with van der Waals surface area (Å²) in [6, 6.07) is 0. The van der Waals surface area contributed by atoms with Crippen LogP contribution in [-0.4, -0.2) is 54.0 Å². The van der Waals surface area contributed by atoms with Crippen LogP contribution in [0.5, 0.6) is 0 Å². The maximum Gasteiger partial charge on any atom is 0.0951 e. The summed E-state index contributed by atoms with van der Waals surface area (Å²) >= 11 is 3.45. The third kappa shape index (κ3) is 3.37. The Kier molecular flexibility index (Phi) is 4.28. The van der Waals surface area contributed by atoms with Crippen molar-refractivity contribution in [3.8, 4) is 0 Å². The summed E-state index contributed by atoms with van der Waals surface area (Å²) in [5, 5.41) is 9.84. The second-order valence-corrected chi connectivity index (χ2v) is 10.1. The van der Waals surface area contributed by atoms with Gasteiger partial charge >= 0.3 is 0 Å². The average Bonchev–Trinajstić information content (AvgIpc) is 2.28. The highest BCUT2D eigenvalue weighted by molar-refractivity contribution is 9.09. The predicted octanol–water partition coefficient (Wildman–Crippen LogP) is 2.00. The lowest BCUT2D eigenvalue weighted by Crippen LogP contribution is -2.27. The minimum Gasteiger partial charge on any atom is -0.389 e. The van der Waals surface area contributed by atoms with Crippen LogP contribution in [-0.2, 0) is 4.74 Å². The summed E-state index contributed by atoms with van der Waals surface area (Å²) in [7, 11) is 0. The molecule has 0 spiro atoms. The van der Waals surface area contributed by atoms with Crippen molar-refractivity contribution < 1.29 is 9.84 Å². The summed E-state index contributed by atoms with van der Waals surface area (Å²) in [6.07, 6.45) is 5.91. The van der Waals surface area contributed by atoms with Gasteiger partial charge in [-0.15, -0.1) is 13.2 Å². The van der Waals surface area contributed by atoms with Crippen LogP contribution in [0.2, 0.25) is 0 Å². The van der Waals surface area contributed by atoms with Gasteiger partial charge in [-0.3, -0.25) is 0 Å². The maximum absolute atomic E-state index is 9.84. The highest BCUT2D eigenvalue weighted by Crippen LogP contribution is 2.38. The first-order chi connectivity index (χ1) is 6.31. The fraction of sp³-hybridized carbons (Fsp3) is 0.900. The molecule has 2 nitrogen and oxygen atoms in total. The molecule has 1 N–H and O–H groups in total. The van der Waals surface area contributed by atoms with E-state index >= 15 is 0 Å². The SMILES string of the molecule is C=P(C)(C)CCC1OC(C)[C@H](Br)[C@@H]1O. The molecule has 0 aromatic heterocycles. The van der Waals surface area contributed by atoms with E-state index in [9.17, 15) is 5.11 Å². The number of aliphatic hydroxyl groups is 1. The van der Waals surface area contributed by atoms with Crippen LogP contribution in [0.15, 0.2) is 0 Å². The molecule has 0 saturated carbocycles. The number of aliphatic hydroxyl groups excluding tert-OH is 1. The largest absolute Gasteiger partial charge is 0.389 e. The Balaban J connectivity index is 2.44. The second-order valence-electron chi connectivity index (χ2n) is 4.76. The van der Waals surface area contributed by atoms with Crippen LogP contribution in [0.3, 0.4) is 0 Å². The molecule has 0 aromatic rings. The van der Waals surface area contributed by atoms with E-state index in [1.54, 1.807) is 0 Å². The molecule has 2 unspecified atom stereocenters. The lowest BCUT2D eigenvalue weighted by atomic mass is 10.1. The topological polar surface area (TPSA) is 29.5 Å². The van der Waals surface area contributed by atoms with Crippen molar-refractivity contribution in [3.63, 3.8) is 0 Å². The Labute approximate surface area is 95.1 Å². The molecule has 1 heterocycles. The van der Waals surface area contributed by atoms with Crippen molar-refractivity contribution in [1.82, 2.24) is 0 Å². The maximum atomic E-state index is 9.84. The van der Waals surface area contributed by atoms with Crippen molar-refractivity contribution in [1.29, 1.82) is 0 Å². The fourth-order valence-electron chi connectivity index (χ4n) is 1.63. The van der Waals surface area contributed by atoms with Gasteiger partial charge in [-0.2, -0.15) is 0 Å². The summed E-state index contributed by atoms with van der Waals surface area (Å²) in [5.74, 6) is 0. The molecule has 0 aromatic carbocycles. The zero-order chi connectivity index (χ0) is 10.9. The van der Waals surface area contributed by atoms with Crippen molar-refractivity contribution in [2.75, 3.05) is 19.5 Å². The quantitative estimate of drug-likeness (QED) is 0.634.